The van der Waals surface area contributed by atoms with Crippen molar-refractivity contribution in [3.05, 3.63) is 0 Å². The highest BCUT2D eigenvalue weighted by Crippen LogP contribution is 2.08. The van der Waals surface area contributed by atoms with Crippen molar-refractivity contribution in [2.75, 3.05) is 6.54 Å². The predicted octanol–water partition coefficient (Wildman–Crippen LogP) is 3.58. The Hall–Kier alpha value is -0.570. The molecule has 0 bridgehead atoms. The molecule has 16 heavy (non-hydrogen) atoms. The molecule has 96 valence electrons. The Morgan fingerprint density at radius 3 is 2.19 bits per heavy atom. The summed E-state index contributed by atoms with van der Waals surface area (Å²) in [5.41, 5.74) is 2.65. The monoisotopic (exact) mass is 229 g/mol. The minimum atomic E-state index is -0.123. The zero-order valence-electron chi connectivity index (χ0n) is 10.9. The van der Waals surface area contributed by atoms with Crippen molar-refractivity contribution in [3.8, 4) is 0 Å². The van der Waals surface area contributed by atoms with Gasteiger partial charge in [0.25, 0.3) is 0 Å². The Bertz CT molecular complexity index is 160. The largest absolute Gasteiger partial charge is 0.371 e. The highest BCUT2D eigenvalue weighted by molar-refractivity contribution is 5.68. The van der Waals surface area contributed by atoms with E-state index in [4.69, 9.17) is 4.84 Å². The van der Waals surface area contributed by atoms with Crippen LogP contribution in [0.5, 0.6) is 0 Å². The molecule has 0 aliphatic heterocycles. The first-order chi connectivity index (χ1) is 7.81. The zero-order valence-corrected chi connectivity index (χ0v) is 10.9. The van der Waals surface area contributed by atoms with Crippen LogP contribution in [0.15, 0.2) is 0 Å². The van der Waals surface area contributed by atoms with Crippen molar-refractivity contribution in [1.29, 1.82) is 0 Å². The van der Waals surface area contributed by atoms with Gasteiger partial charge in [-0.3, -0.25) is 4.79 Å². The third-order valence-corrected chi connectivity index (χ3v) is 2.52. The molecule has 0 aromatic rings. The number of hydroxylamine groups is 1. The first-order valence-electron chi connectivity index (χ1n) is 6.73. The maximum Gasteiger partial charge on any atom is 0.324 e. The second kappa shape index (κ2) is 12.5. The average molecular weight is 229 g/mol. The van der Waals surface area contributed by atoms with E-state index in [9.17, 15) is 4.79 Å². The first-order valence-corrected chi connectivity index (χ1v) is 6.73. The molecule has 0 amide bonds. The van der Waals surface area contributed by atoms with Crippen molar-refractivity contribution in [2.24, 2.45) is 0 Å². The van der Waals surface area contributed by atoms with Crippen LogP contribution >= 0.6 is 0 Å². The van der Waals surface area contributed by atoms with E-state index in [0.29, 0.717) is 6.42 Å². The molecular weight excluding hydrogens is 202 g/mol. The Labute approximate surface area is 99.9 Å². The van der Waals surface area contributed by atoms with Crippen LogP contribution in [0, 0.1) is 0 Å². The van der Waals surface area contributed by atoms with Crippen molar-refractivity contribution in [2.45, 2.75) is 71.6 Å². The first kappa shape index (κ1) is 15.4. The van der Waals surface area contributed by atoms with Gasteiger partial charge in [-0.1, -0.05) is 52.4 Å². The predicted molar refractivity (Wildman–Crippen MR) is 67.0 cm³/mol. The van der Waals surface area contributed by atoms with Crippen LogP contribution in [0.1, 0.15) is 71.6 Å². The molecule has 0 saturated heterocycles. The maximum atomic E-state index is 11.2. The van der Waals surface area contributed by atoms with Crippen molar-refractivity contribution in [3.63, 3.8) is 0 Å². The number of carbonyl (C=O) groups excluding carboxylic acids is 1. The van der Waals surface area contributed by atoms with Crippen LogP contribution in [-0.2, 0) is 9.63 Å². The van der Waals surface area contributed by atoms with Crippen LogP contribution in [0.4, 0.5) is 0 Å². The second-order valence-corrected chi connectivity index (χ2v) is 4.24. The van der Waals surface area contributed by atoms with Gasteiger partial charge in [0.15, 0.2) is 0 Å². The molecular formula is C13H27NO2. The Balaban J connectivity index is 3.09. The number of carbonyl (C=O) groups is 1. The quantitative estimate of drug-likeness (QED) is 0.434. The summed E-state index contributed by atoms with van der Waals surface area (Å²) < 4.78 is 0. The van der Waals surface area contributed by atoms with E-state index < -0.39 is 0 Å². The fourth-order valence-corrected chi connectivity index (χ4v) is 1.51. The average Bonchev–Trinajstić information content (AvgIpc) is 2.28. The smallest absolute Gasteiger partial charge is 0.324 e. The molecule has 0 radical (unpaired) electrons. The summed E-state index contributed by atoms with van der Waals surface area (Å²) >= 11 is 0. The molecule has 0 spiro atoms. The third kappa shape index (κ3) is 11.5. The van der Waals surface area contributed by atoms with Crippen LogP contribution in [0.25, 0.3) is 0 Å². The van der Waals surface area contributed by atoms with Gasteiger partial charge < -0.3 is 4.84 Å². The molecule has 0 heterocycles. The molecule has 0 aromatic heterocycles. The van der Waals surface area contributed by atoms with Crippen LogP contribution in [0.2, 0.25) is 0 Å². The van der Waals surface area contributed by atoms with Gasteiger partial charge in [0.1, 0.15) is 0 Å². The lowest BCUT2D eigenvalue weighted by atomic mass is 10.1. The number of rotatable bonds is 11. The topological polar surface area (TPSA) is 38.3 Å². The third-order valence-electron chi connectivity index (χ3n) is 2.52. The van der Waals surface area contributed by atoms with Gasteiger partial charge in [0.2, 0.25) is 0 Å². The summed E-state index contributed by atoms with van der Waals surface area (Å²) in [6, 6.07) is 0. The van der Waals surface area contributed by atoms with E-state index >= 15 is 0 Å². The van der Waals surface area contributed by atoms with E-state index in [2.05, 4.69) is 12.4 Å². The molecule has 0 fully saturated rings. The molecule has 0 aliphatic carbocycles. The number of hydrogen-bond donors (Lipinski definition) is 1. The Morgan fingerprint density at radius 2 is 1.56 bits per heavy atom. The lowest BCUT2D eigenvalue weighted by Gasteiger charge is -2.04. The summed E-state index contributed by atoms with van der Waals surface area (Å²) in [7, 11) is 0. The van der Waals surface area contributed by atoms with Crippen LogP contribution in [-0.4, -0.2) is 12.5 Å². The van der Waals surface area contributed by atoms with E-state index in [1.807, 2.05) is 6.92 Å². The van der Waals surface area contributed by atoms with E-state index in [0.717, 1.165) is 25.8 Å². The molecule has 0 unspecified atom stereocenters. The number of nitrogens with one attached hydrogen (secondary N) is 1. The molecule has 3 nitrogen and oxygen atoms in total. The summed E-state index contributed by atoms with van der Waals surface area (Å²) in [4.78, 5) is 16.0. The maximum absolute atomic E-state index is 11.2. The number of hydrogen-bond acceptors (Lipinski definition) is 3. The van der Waals surface area contributed by atoms with Crippen molar-refractivity contribution in [1.82, 2.24) is 5.48 Å². The van der Waals surface area contributed by atoms with Gasteiger partial charge in [-0.05, 0) is 12.8 Å². The lowest BCUT2D eigenvalue weighted by Crippen LogP contribution is -2.20. The molecule has 1 N–H and O–H groups in total. The highest BCUT2D eigenvalue weighted by Gasteiger charge is 2.01. The molecule has 0 aliphatic rings. The summed E-state index contributed by atoms with van der Waals surface area (Å²) in [6.45, 7) is 5.00. The van der Waals surface area contributed by atoms with Crippen molar-refractivity contribution >= 4 is 5.97 Å². The van der Waals surface area contributed by atoms with E-state index in [1.54, 1.807) is 0 Å². The lowest BCUT2D eigenvalue weighted by molar-refractivity contribution is -0.151. The fourth-order valence-electron chi connectivity index (χ4n) is 1.51. The minimum Gasteiger partial charge on any atom is -0.371 e. The molecule has 3 heteroatoms. The molecule has 0 atom stereocenters. The van der Waals surface area contributed by atoms with Crippen LogP contribution < -0.4 is 5.48 Å². The van der Waals surface area contributed by atoms with Gasteiger partial charge in [0.05, 0.1) is 0 Å². The molecule has 0 rings (SSSR count). The van der Waals surface area contributed by atoms with Gasteiger partial charge in [0, 0.05) is 13.0 Å². The highest BCUT2D eigenvalue weighted by atomic mass is 16.7. The van der Waals surface area contributed by atoms with Gasteiger partial charge in [-0.2, -0.15) is 5.48 Å². The minimum absolute atomic E-state index is 0.123. The van der Waals surface area contributed by atoms with Gasteiger partial charge in [-0.15, -0.1) is 0 Å². The Morgan fingerprint density at radius 1 is 0.938 bits per heavy atom. The second-order valence-electron chi connectivity index (χ2n) is 4.24. The molecule has 0 saturated carbocycles. The van der Waals surface area contributed by atoms with E-state index in [1.165, 1.54) is 32.1 Å². The molecule has 0 aromatic carbocycles. The number of unbranched alkanes of at least 4 members (excludes halogenated alkanes) is 6. The summed E-state index contributed by atoms with van der Waals surface area (Å²) in [5.74, 6) is -0.123. The fraction of sp³-hybridized carbons (Fsp3) is 0.923. The SMILES string of the molecule is CCCCCCCCCC(=O)ONCCC. The van der Waals surface area contributed by atoms with E-state index in [-0.39, 0.29) is 5.97 Å². The van der Waals surface area contributed by atoms with Gasteiger partial charge in [-0.25, -0.2) is 0 Å². The van der Waals surface area contributed by atoms with Gasteiger partial charge >= 0.3 is 5.97 Å². The van der Waals surface area contributed by atoms with Crippen molar-refractivity contribution < 1.29 is 9.63 Å². The zero-order chi connectivity index (χ0) is 12.1. The standard InChI is InChI=1S/C13H27NO2/c1-3-5-6-7-8-9-10-11-13(15)16-14-12-4-2/h14H,3-12H2,1-2H3. The Kier molecular flexibility index (Phi) is 12.1. The summed E-state index contributed by atoms with van der Waals surface area (Å²) in [6.07, 6.45) is 10.1. The summed E-state index contributed by atoms with van der Waals surface area (Å²) in [5, 5.41) is 0. The normalized spacial score (nSPS) is 10.4. The van der Waals surface area contributed by atoms with Crippen LogP contribution in [0.3, 0.4) is 0 Å².